The lowest BCUT2D eigenvalue weighted by Gasteiger charge is -2.16. The summed E-state index contributed by atoms with van der Waals surface area (Å²) in [4.78, 5) is 4.16. The Morgan fingerprint density at radius 1 is 1.33 bits per heavy atom. The number of hydrazine groups is 1. The number of halogens is 1. The van der Waals surface area contributed by atoms with Crippen molar-refractivity contribution in [2.24, 2.45) is 5.84 Å². The minimum Gasteiger partial charge on any atom is -0.459 e. The third-order valence-electron chi connectivity index (χ3n) is 3.58. The molecule has 108 valence electrons. The molecule has 1 unspecified atom stereocenters. The minimum atomic E-state index is -0.214. The zero-order valence-corrected chi connectivity index (χ0v) is 12.4. The summed E-state index contributed by atoms with van der Waals surface area (Å²) in [5.74, 6) is 6.52. The predicted molar refractivity (Wildman–Crippen MR) is 84.0 cm³/mol. The standard InChI is InChI=1S/C16H16ClN3O/c1-2-10-9-19-6-5-13(10)16(20-18)15-8-11-7-12(17)3-4-14(11)21-15/h3-9,16,20H,2,18H2,1H3. The van der Waals surface area contributed by atoms with Crippen LogP contribution in [0.1, 0.15) is 29.9 Å². The predicted octanol–water partition coefficient (Wildman–Crippen LogP) is 3.60. The number of hydrogen-bond acceptors (Lipinski definition) is 4. The maximum atomic E-state index is 6.02. The van der Waals surface area contributed by atoms with E-state index in [0.717, 1.165) is 34.3 Å². The highest BCUT2D eigenvalue weighted by Gasteiger charge is 2.19. The fraction of sp³-hybridized carbons (Fsp3) is 0.188. The van der Waals surface area contributed by atoms with E-state index in [0.29, 0.717) is 5.02 Å². The van der Waals surface area contributed by atoms with Gasteiger partial charge in [-0.05, 0) is 47.9 Å². The number of nitrogens with zero attached hydrogens (tertiary/aromatic N) is 1. The molecule has 0 fully saturated rings. The van der Waals surface area contributed by atoms with Crippen LogP contribution < -0.4 is 11.3 Å². The Bertz CT molecular complexity index is 769. The number of nitrogens with two attached hydrogens (primary N) is 1. The number of nitrogens with one attached hydrogen (secondary N) is 1. The molecule has 3 aromatic rings. The van der Waals surface area contributed by atoms with Crippen LogP contribution >= 0.6 is 11.6 Å². The van der Waals surface area contributed by atoms with E-state index in [1.54, 1.807) is 6.20 Å². The highest BCUT2D eigenvalue weighted by Crippen LogP contribution is 2.30. The van der Waals surface area contributed by atoms with Crippen LogP contribution in [0.25, 0.3) is 11.0 Å². The van der Waals surface area contributed by atoms with Crippen LogP contribution in [0.4, 0.5) is 0 Å². The highest BCUT2D eigenvalue weighted by molar-refractivity contribution is 6.31. The van der Waals surface area contributed by atoms with E-state index in [-0.39, 0.29) is 6.04 Å². The maximum absolute atomic E-state index is 6.02. The van der Waals surface area contributed by atoms with Crippen molar-refractivity contribution in [1.29, 1.82) is 0 Å². The van der Waals surface area contributed by atoms with Crippen molar-refractivity contribution in [1.82, 2.24) is 10.4 Å². The number of fused-ring (bicyclic) bond motifs is 1. The summed E-state index contributed by atoms with van der Waals surface area (Å²) in [6.07, 6.45) is 4.50. The molecule has 1 aromatic carbocycles. The lowest BCUT2D eigenvalue weighted by atomic mass is 9.99. The summed E-state index contributed by atoms with van der Waals surface area (Å²) < 4.78 is 5.91. The van der Waals surface area contributed by atoms with Gasteiger partial charge in [-0.3, -0.25) is 10.8 Å². The minimum absolute atomic E-state index is 0.214. The summed E-state index contributed by atoms with van der Waals surface area (Å²) in [5, 5.41) is 1.65. The molecule has 3 N–H and O–H groups in total. The number of pyridine rings is 1. The molecule has 0 bridgehead atoms. The Kier molecular flexibility index (Phi) is 3.92. The Balaban J connectivity index is 2.09. The van der Waals surface area contributed by atoms with Crippen molar-refractivity contribution in [3.63, 3.8) is 0 Å². The second kappa shape index (κ2) is 5.85. The Hall–Kier alpha value is -1.88. The molecular weight excluding hydrogens is 286 g/mol. The summed E-state index contributed by atoms with van der Waals surface area (Å²) in [6.45, 7) is 2.09. The maximum Gasteiger partial charge on any atom is 0.134 e. The van der Waals surface area contributed by atoms with E-state index in [9.17, 15) is 0 Å². The van der Waals surface area contributed by atoms with Gasteiger partial charge in [0.2, 0.25) is 0 Å². The molecule has 5 heteroatoms. The van der Waals surface area contributed by atoms with Gasteiger partial charge in [0, 0.05) is 22.8 Å². The first-order chi connectivity index (χ1) is 10.2. The van der Waals surface area contributed by atoms with Gasteiger partial charge in [0.25, 0.3) is 0 Å². The molecule has 1 atom stereocenters. The summed E-state index contributed by atoms with van der Waals surface area (Å²) in [7, 11) is 0. The molecule has 0 aliphatic heterocycles. The molecule has 0 aliphatic rings. The van der Waals surface area contributed by atoms with E-state index in [1.807, 2.05) is 36.5 Å². The number of furan rings is 1. The fourth-order valence-electron chi connectivity index (χ4n) is 2.52. The van der Waals surface area contributed by atoms with E-state index < -0.39 is 0 Å². The molecule has 0 saturated carbocycles. The van der Waals surface area contributed by atoms with Gasteiger partial charge < -0.3 is 4.42 Å². The fourth-order valence-corrected chi connectivity index (χ4v) is 2.70. The van der Waals surface area contributed by atoms with Gasteiger partial charge in [0.1, 0.15) is 17.4 Å². The van der Waals surface area contributed by atoms with Crippen molar-refractivity contribution in [2.45, 2.75) is 19.4 Å². The molecule has 2 aromatic heterocycles. The molecule has 0 spiro atoms. The van der Waals surface area contributed by atoms with Crippen LogP contribution in [0.5, 0.6) is 0 Å². The average molecular weight is 302 g/mol. The first-order valence-corrected chi connectivity index (χ1v) is 7.18. The Labute approximate surface area is 127 Å². The van der Waals surface area contributed by atoms with Crippen molar-refractivity contribution in [3.8, 4) is 0 Å². The third-order valence-corrected chi connectivity index (χ3v) is 3.82. The van der Waals surface area contributed by atoms with Gasteiger partial charge in [-0.2, -0.15) is 0 Å². The molecule has 4 nitrogen and oxygen atoms in total. The first-order valence-electron chi connectivity index (χ1n) is 6.81. The molecule has 0 amide bonds. The van der Waals surface area contributed by atoms with Crippen molar-refractivity contribution >= 4 is 22.6 Å². The summed E-state index contributed by atoms with van der Waals surface area (Å²) >= 11 is 6.02. The second-order valence-electron chi connectivity index (χ2n) is 4.86. The lowest BCUT2D eigenvalue weighted by Crippen LogP contribution is -2.29. The average Bonchev–Trinajstić information content (AvgIpc) is 2.91. The van der Waals surface area contributed by atoms with E-state index in [2.05, 4.69) is 17.3 Å². The molecule has 0 radical (unpaired) electrons. The highest BCUT2D eigenvalue weighted by atomic mass is 35.5. The summed E-state index contributed by atoms with van der Waals surface area (Å²) in [5.41, 5.74) is 5.83. The van der Waals surface area contributed by atoms with Gasteiger partial charge in [-0.25, -0.2) is 5.43 Å². The number of hydrogen-bond donors (Lipinski definition) is 2. The molecule has 0 aliphatic carbocycles. The Morgan fingerprint density at radius 3 is 2.95 bits per heavy atom. The first kappa shape index (κ1) is 14.1. The van der Waals surface area contributed by atoms with Gasteiger partial charge in [-0.1, -0.05) is 18.5 Å². The largest absolute Gasteiger partial charge is 0.459 e. The van der Waals surface area contributed by atoms with Crippen LogP contribution in [0.2, 0.25) is 5.02 Å². The SMILES string of the molecule is CCc1cnccc1C(NN)c1cc2cc(Cl)ccc2o1. The van der Waals surface area contributed by atoms with Crippen molar-refractivity contribution in [3.05, 3.63) is 64.6 Å². The van der Waals surface area contributed by atoms with Crippen LogP contribution in [0, 0.1) is 0 Å². The lowest BCUT2D eigenvalue weighted by molar-refractivity contribution is 0.475. The van der Waals surface area contributed by atoms with Crippen molar-refractivity contribution in [2.75, 3.05) is 0 Å². The quantitative estimate of drug-likeness (QED) is 0.571. The number of aryl methyl sites for hydroxylation is 1. The van der Waals surface area contributed by atoms with Gasteiger partial charge in [0.05, 0.1) is 0 Å². The van der Waals surface area contributed by atoms with E-state index in [4.69, 9.17) is 21.9 Å². The zero-order valence-electron chi connectivity index (χ0n) is 11.6. The molecular formula is C16H16ClN3O. The topological polar surface area (TPSA) is 64.1 Å². The monoisotopic (exact) mass is 301 g/mol. The third kappa shape index (κ3) is 2.65. The Morgan fingerprint density at radius 2 is 2.19 bits per heavy atom. The van der Waals surface area contributed by atoms with Gasteiger partial charge in [0.15, 0.2) is 0 Å². The number of benzene rings is 1. The smallest absolute Gasteiger partial charge is 0.134 e. The molecule has 0 saturated heterocycles. The molecule has 3 rings (SSSR count). The van der Waals surface area contributed by atoms with Crippen LogP contribution in [-0.2, 0) is 6.42 Å². The summed E-state index contributed by atoms with van der Waals surface area (Å²) in [6, 6.07) is 9.27. The number of rotatable bonds is 4. The second-order valence-corrected chi connectivity index (χ2v) is 5.30. The molecule has 2 heterocycles. The van der Waals surface area contributed by atoms with Crippen LogP contribution in [0.15, 0.2) is 47.1 Å². The van der Waals surface area contributed by atoms with E-state index >= 15 is 0 Å². The van der Waals surface area contributed by atoms with Crippen LogP contribution in [0.3, 0.4) is 0 Å². The molecule has 21 heavy (non-hydrogen) atoms. The normalized spacial score (nSPS) is 12.7. The van der Waals surface area contributed by atoms with Gasteiger partial charge >= 0.3 is 0 Å². The van der Waals surface area contributed by atoms with Crippen molar-refractivity contribution < 1.29 is 4.42 Å². The number of aromatic nitrogens is 1. The van der Waals surface area contributed by atoms with E-state index in [1.165, 1.54) is 0 Å². The zero-order chi connectivity index (χ0) is 14.8. The van der Waals surface area contributed by atoms with Crippen LogP contribution in [-0.4, -0.2) is 4.98 Å². The van der Waals surface area contributed by atoms with Gasteiger partial charge in [-0.15, -0.1) is 0 Å².